The lowest BCUT2D eigenvalue weighted by Crippen LogP contribution is -2.19. The van der Waals surface area contributed by atoms with Crippen molar-refractivity contribution in [2.45, 2.75) is 47.1 Å². The second-order valence-electron chi connectivity index (χ2n) is 6.13. The van der Waals surface area contributed by atoms with Crippen LogP contribution >= 0.6 is 11.6 Å². The molecule has 0 aliphatic carbocycles. The molecule has 1 aromatic carbocycles. The van der Waals surface area contributed by atoms with Crippen molar-refractivity contribution in [2.75, 3.05) is 13.2 Å². The fourth-order valence-electron chi connectivity index (χ4n) is 2.01. The number of hydrogen-bond acceptors (Lipinski definition) is 2. The summed E-state index contributed by atoms with van der Waals surface area (Å²) in [7, 11) is 0. The van der Waals surface area contributed by atoms with Gasteiger partial charge in [-0.2, -0.15) is 0 Å². The quantitative estimate of drug-likeness (QED) is 0.655. The van der Waals surface area contributed by atoms with Gasteiger partial charge in [0.25, 0.3) is 0 Å². The van der Waals surface area contributed by atoms with Crippen molar-refractivity contribution in [3.8, 4) is 5.75 Å². The zero-order valence-electron chi connectivity index (χ0n) is 13.2. The summed E-state index contributed by atoms with van der Waals surface area (Å²) in [6, 6.07) is 5.88. The zero-order valence-corrected chi connectivity index (χ0v) is 14.0. The molecule has 0 saturated carbocycles. The van der Waals surface area contributed by atoms with Gasteiger partial charge in [-0.25, -0.2) is 0 Å². The summed E-state index contributed by atoms with van der Waals surface area (Å²) in [6.07, 6.45) is 2.28. The molecule has 0 bridgehead atoms. The Morgan fingerprint density at radius 2 is 1.90 bits per heavy atom. The Morgan fingerprint density at radius 1 is 1.15 bits per heavy atom. The molecule has 20 heavy (non-hydrogen) atoms. The van der Waals surface area contributed by atoms with Crippen molar-refractivity contribution in [3.63, 3.8) is 0 Å². The van der Waals surface area contributed by atoms with E-state index in [4.69, 9.17) is 16.3 Å². The smallest absolute Gasteiger partial charge is 0.125 e. The van der Waals surface area contributed by atoms with Gasteiger partial charge in [0.15, 0.2) is 0 Å². The maximum atomic E-state index is 6.29. The number of benzene rings is 1. The van der Waals surface area contributed by atoms with Crippen molar-refractivity contribution < 1.29 is 4.74 Å². The van der Waals surface area contributed by atoms with E-state index >= 15 is 0 Å². The third-order valence-electron chi connectivity index (χ3n) is 3.11. The standard InChI is InChI=1S/C17H28ClNO/c1-13(2)7-6-10-20-17-9-5-8-16(18)15(17)12-19-11-14(3)4/h5,8-9,13-14,19H,6-7,10-12H2,1-4H3. The zero-order chi connectivity index (χ0) is 15.0. The fraction of sp³-hybridized carbons (Fsp3) is 0.647. The van der Waals surface area contributed by atoms with Gasteiger partial charge in [0.05, 0.1) is 6.61 Å². The number of halogens is 1. The molecule has 2 nitrogen and oxygen atoms in total. The van der Waals surface area contributed by atoms with Crippen LogP contribution in [0, 0.1) is 11.8 Å². The Bertz CT molecular complexity index is 391. The third kappa shape index (κ3) is 6.62. The van der Waals surface area contributed by atoms with Crippen LogP contribution in [0.15, 0.2) is 18.2 Å². The molecule has 1 aromatic rings. The van der Waals surface area contributed by atoms with Crippen LogP contribution in [-0.4, -0.2) is 13.2 Å². The number of nitrogens with one attached hydrogen (secondary N) is 1. The van der Waals surface area contributed by atoms with Crippen molar-refractivity contribution in [1.29, 1.82) is 0 Å². The molecule has 0 spiro atoms. The molecule has 1 rings (SSSR count). The molecule has 0 amide bonds. The predicted octanol–water partition coefficient (Wildman–Crippen LogP) is 4.90. The van der Waals surface area contributed by atoms with Crippen LogP contribution in [0.3, 0.4) is 0 Å². The van der Waals surface area contributed by atoms with Gasteiger partial charge in [-0.05, 0) is 43.4 Å². The van der Waals surface area contributed by atoms with Gasteiger partial charge in [0.2, 0.25) is 0 Å². The highest BCUT2D eigenvalue weighted by molar-refractivity contribution is 6.31. The highest BCUT2D eigenvalue weighted by Gasteiger charge is 2.08. The maximum absolute atomic E-state index is 6.29. The summed E-state index contributed by atoms with van der Waals surface area (Å²) in [5.41, 5.74) is 1.07. The van der Waals surface area contributed by atoms with Crippen molar-refractivity contribution in [3.05, 3.63) is 28.8 Å². The monoisotopic (exact) mass is 297 g/mol. The molecule has 3 heteroatoms. The second-order valence-corrected chi connectivity index (χ2v) is 6.53. The summed E-state index contributed by atoms with van der Waals surface area (Å²) in [4.78, 5) is 0. The minimum atomic E-state index is 0.632. The summed E-state index contributed by atoms with van der Waals surface area (Å²) < 4.78 is 5.90. The van der Waals surface area contributed by atoms with Gasteiger partial charge in [0, 0.05) is 17.1 Å². The summed E-state index contributed by atoms with van der Waals surface area (Å²) in [5, 5.41) is 4.21. The Hall–Kier alpha value is -0.730. The fourth-order valence-corrected chi connectivity index (χ4v) is 2.24. The molecule has 114 valence electrons. The van der Waals surface area contributed by atoms with Crippen LogP contribution in [0.4, 0.5) is 0 Å². The first-order valence-corrected chi connectivity index (χ1v) is 7.99. The minimum Gasteiger partial charge on any atom is -0.493 e. The topological polar surface area (TPSA) is 21.3 Å². The minimum absolute atomic E-state index is 0.632. The molecule has 0 unspecified atom stereocenters. The average Bonchev–Trinajstić information content (AvgIpc) is 2.37. The van der Waals surface area contributed by atoms with E-state index in [1.54, 1.807) is 0 Å². The van der Waals surface area contributed by atoms with Gasteiger partial charge in [-0.1, -0.05) is 45.4 Å². The first-order chi connectivity index (χ1) is 9.50. The van der Waals surface area contributed by atoms with Gasteiger partial charge >= 0.3 is 0 Å². The normalized spacial score (nSPS) is 11.3. The Kier molecular flexibility index (Phi) is 8.01. The molecule has 0 fully saturated rings. The van der Waals surface area contributed by atoms with E-state index in [9.17, 15) is 0 Å². The predicted molar refractivity (Wildman–Crippen MR) is 87.6 cm³/mol. The van der Waals surface area contributed by atoms with Crippen LogP contribution in [0.2, 0.25) is 5.02 Å². The van der Waals surface area contributed by atoms with Gasteiger partial charge in [-0.15, -0.1) is 0 Å². The number of rotatable bonds is 9. The lowest BCUT2D eigenvalue weighted by molar-refractivity contribution is 0.294. The molecule has 0 aromatic heterocycles. The largest absolute Gasteiger partial charge is 0.493 e. The van der Waals surface area contributed by atoms with E-state index in [0.717, 1.165) is 48.4 Å². The summed E-state index contributed by atoms with van der Waals surface area (Å²) in [6.45, 7) is 11.4. The Morgan fingerprint density at radius 3 is 2.55 bits per heavy atom. The molecule has 0 aliphatic rings. The lowest BCUT2D eigenvalue weighted by Gasteiger charge is -2.15. The number of hydrogen-bond donors (Lipinski definition) is 1. The molecule has 0 atom stereocenters. The van der Waals surface area contributed by atoms with Crippen molar-refractivity contribution in [1.82, 2.24) is 5.32 Å². The highest BCUT2D eigenvalue weighted by Crippen LogP contribution is 2.26. The van der Waals surface area contributed by atoms with E-state index in [-0.39, 0.29) is 0 Å². The van der Waals surface area contributed by atoms with E-state index in [2.05, 4.69) is 33.0 Å². The molecule has 0 radical (unpaired) electrons. The maximum Gasteiger partial charge on any atom is 0.125 e. The van der Waals surface area contributed by atoms with E-state index in [1.807, 2.05) is 18.2 Å². The van der Waals surface area contributed by atoms with Gasteiger partial charge in [0.1, 0.15) is 5.75 Å². The van der Waals surface area contributed by atoms with Crippen LogP contribution in [0.1, 0.15) is 46.1 Å². The van der Waals surface area contributed by atoms with Crippen LogP contribution in [-0.2, 0) is 6.54 Å². The SMILES string of the molecule is CC(C)CCCOc1cccc(Cl)c1CNCC(C)C. The second kappa shape index (κ2) is 9.25. The van der Waals surface area contributed by atoms with E-state index < -0.39 is 0 Å². The van der Waals surface area contributed by atoms with Crippen LogP contribution < -0.4 is 10.1 Å². The molecule has 1 N–H and O–H groups in total. The highest BCUT2D eigenvalue weighted by atomic mass is 35.5. The van der Waals surface area contributed by atoms with Gasteiger partial charge < -0.3 is 10.1 Å². The van der Waals surface area contributed by atoms with Crippen LogP contribution in [0.25, 0.3) is 0 Å². The first-order valence-electron chi connectivity index (χ1n) is 7.61. The van der Waals surface area contributed by atoms with Crippen molar-refractivity contribution >= 4 is 11.6 Å². The third-order valence-corrected chi connectivity index (χ3v) is 3.47. The molecular weight excluding hydrogens is 270 g/mol. The Balaban J connectivity index is 2.54. The van der Waals surface area contributed by atoms with Crippen molar-refractivity contribution in [2.24, 2.45) is 11.8 Å². The average molecular weight is 298 g/mol. The summed E-state index contributed by atoms with van der Waals surface area (Å²) >= 11 is 6.29. The molecule has 0 heterocycles. The molecular formula is C17H28ClNO. The number of ether oxygens (including phenoxy) is 1. The lowest BCUT2D eigenvalue weighted by atomic mass is 10.1. The Labute approximate surface area is 128 Å². The molecule has 0 aliphatic heterocycles. The van der Waals surface area contributed by atoms with Gasteiger partial charge in [-0.3, -0.25) is 0 Å². The summed E-state index contributed by atoms with van der Waals surface area (Å²) in [5.74, 6) is 2.27. The van der Waals surface area contributed by atoms with Crippen LogP contribution in [0.5, 0.6) is 5.75 Å². The van der Waals surface area contributed by atoms with E-state index in [0.29, 0.717) is 5.92 Å². The molecule has 0 saturated heterocycles. The first kappa shape index (κ1) is 17.3. The van der Waals surface area contributed by atoms with E-state index in [1.165, 1.54) is 6.42 Å².